The van der Waals surface area contributed by atoms with E-state index >= 15 is 0 Å². The predicted octanol–water partition coefficient (Wildman–Crippen LogP) is 5.74. The lowest BCUT2D eigenvalue weighted by atomic mass is 9.88. The molecule has 1 aliphatic heterocycles. The highest BCUT2D eigenvalue weighted by Gasteiger charge is 2.38. The van der Waals surface area contributed by atoms with Gasteiger partial charge in [0.25, 0.3) is 0 Å². The number of nitrogens with zero attached hydrogens (tertiary/aromatic N) is 3. The third kappa shape index (κ3) is 4.41. The van der Waals surface area contributed by atoms with E-state index in [9.17, 15) is 9.59 Å². The van der Waals surface area contributed by atoms with Gasteiger partial charge in [-0.1, -0.05) is 43.5 Å². The van der Waals surface area contributed by atoms with Crippen LogP contribution in [0.4, 0.5) is 5.69 Å². The van der Waals surface area contributed by atoms with Crippen LogP contribution >= 0.6 is 0 Å². The first kappa shape index (κ1) is 24.2. The van der Waals surface area contributed by atoms with Crippen molar-refractivity contribution in [2.45, 2.75) is 58.0 Å². The number of carbonyl (C=O) groups is 2. The Balaban J connectivity index is 1.54. The van der Waals surface area contributed by atoms with E-state index in [0.717, 1.165) is 54.1 Å². The number of para-hydroxylation sites is 2. The summed E-state index contributed by atoms with van der Waals surface area (Å²) in [5.41, 5.74) is 3.82. The van der Waals surface area contributed by atoms with Crippen LogP contribution in [0.3, 0.4) is 0 Å². The van der Waals surface area contributed by atoms with Crippen LogP contribution in [0.1, 0.15) is 63.3 Å². The van der Waals surface area contributed by atoms with Gasteiger partial charge >= 0.3 is 0 Å². The summed E-state index contributed by atoms with van der Waals surface area (Å²) in [7, 11) is 1.65. The van der Waals surface area contributed by atoms with Gasteiger partial charge in [0.15, 0.2) is 0 Å². The Bertz CT molecular complexity index is 1220. The molecule has 2 amide bonds. The van der Waals surface area contributed by atoms with Crippen molar-refractivity contribution in [3.8, 4) is 11.4 Å². The highest BCUT2D eigenvalue weighted by molar-refractivity contribution is 6.00. The molecule has 1 fully saturated rings. The average molecular weight is 486 g/mol. The molecule has 2 heterocycles. The SMILES string of the molecule is COc1ccc(C2c3cccn3-c3ccccc3N2C(=O)CN(C(=O)C2CCCCC2)C(C)C)cc1. The van der Waals surface area contributed by atoms with Crippen LogP contribution in [-0.2, 0) is 9.59 Å². The standard InChI is InChI=1S/C30H35N3O3/c1-21(2)32(30(35)23-10-5-4-6-11-23)20-28(34)33-26-13-8-7-12-25(26)31-19-9-14-27(31)29(33)22-15-17-24(36-3)18-16-22/h7-9,12-19,21,23,29H,4-6,10-11,20H2,1-3H3. The maximum Gasteiger partial charge on any atom is 0.247 e. The molecule has 6 heteroatoms. The van der Waals surface area contributed by atoms with Crippen LogP contribution in [0.2, 0.25) is 0 Å². The molecule has 36 heavy (non-hydrogen) atoms. The molecule has 2 aromatic carbocycles. The Labute approximate surface area is 213 Å². The number of ether oxygens (including phenoxy) is 1. The molecular weight excluding hydrogens is 450 g/mol. The van der Waals surface area contributed by atoms with Crippen molar-refractivity contribution in [2.75, 3.05) is 18.6 Å². The molecular formula is C30H35N3O3. The van der Waals surface area contributed by atoms with Gasteiger partial charge in [0.2, 0.25) is 11.8 Å². The van der Waals surface area contributed by atoms with Gasteiger partial charge in [0.1, 0.15) is 18.3 Å². The van der Waals surface area contributed by atoms with Crippen molar-refractivity contribution >= 4 is 17.5 Å². The summed E-state index contributed by atoms with van der Waals surface area (Å²) in [5, 5.41) is 0. The number of anilines is 1. The van der Waals surface area contributed by atoms with E-state index in [0.29, 0.717) is 0 Å². The molecule has 3 aromatic rings. The van der Waals surface area contributed by atoms with E-state index in [4.69, 9.17) is 4.74 Å². The number of aromatic nitrogens is 1. The maximum absolute atomic E-state index is 14.2. The fourth-order valence-electron chi connectivity index (χ4n) is 5.68. The van der Waals surface area contributed by atoms with Gasteiger partial charge in [-0.15, -0.1) is 0 Å². The monoisotopic (exact) mass is 485 g/mol. The van der Waals surface area contributed by atoms with Crippen molar-refractivity contribution in [1.29, 1.82) is 0 Å². The second-order valence-electron chi connectivity index (χ2n) is 10.1. The summed E-state index contributed by atoms with van der Waals surface area (Å²) in [6.45, 7) is 4.07. The number of amides is 2. The second-order valence-corrected chi connectivity index (χ2v) is 10.1. The molecule has 2 aliphatic rings. The number of methoxy groups -OCH3 is 1. The van der Waals surface area contributed by atoms with Gasteiger partial charge in [-0.25, -0.2) is 0 Å². The molecule has 0 radical (unpaired) electrons. The Morgan fingerprint density at radius 2 is 1.64 bits per heavy atom. The zero-order valence-electron chi connectivity index (χ0n) is 21.4. The topological polar surface area (TPSA) is 54.8 Å². The summed E-state index contributed by atoms with van der Waals surface area (Å²) in [6.07, 6.45) is 7.26. The minimum atomic E-state index is -0.313. The molecule has 0 bridgehead atoms. The summed E-state index contributed by atoms with van der Waals surface area (Å²) < 4.78 is 7.53. The van der Waals surface area contributed by atoms with E-state index in [1.165, 1.54) is 6.42 Å². The lowest BCUT2D eigenvalue weighted by Gasteiger charge is -2.40. The zero-order valence-corrected chi connectivity index (χ0v) is 21.4. The molecule has 1 unspecified atom stereocenters. The molecule has 1 aliphatic carbocycles. The Hall–Kier alpha value is -3.54. The van der Waals surface area contributed by atoms with E-state index in [-0.39, 0.29) is 36.4 Å². The lowest BCUT2D eigenvalue weighted by molar-refractivity contribution is -0.141. The maximum atomic E-state index is 14.2. The molecule has 0 saturated heterocycles. The summed E-state index contributed by atoms with van der Waals surface area (Å²) in [6, 6.07) is 19.6. The third-order valence-electron chi connectivity index (χ3n) is 7.59. The summed E-state index contributed by atoms with van der Waals surface area (Å²) >= 11 is 0. The fraction of sp³-hybridized carbons (Fsp3) is 0.400. The van der Waals surface area contributed by atoms with Gasteiger partial charge < -0.3 is 14.2 Å². The molecule has 6 nitrogen and oxygen atoms in total. The van der Waals surface area contributed by atoms with Crippen molar-refractivity contribution in [3.05, 3.63) is 78.1 Å². The number of rotatable bonds is 6. The normalized spacial score (nSPS) is 17.4. The lowest BCUT2D eigenvalue weighted by Crippen LogP contribution is -2.50. The van der Waals surface area contributed by atoms with E-state index < -0.39 is 0 Å². The van der Waals surface area contributed by atoms with Crippen molar-refractivity contribution in [3.63, 3.8) is 0 Å². The molecule has 1 aromatic heterocycles. The summed E-state index contributed by atoms with van der Waals surface area (Å²) in [5.74, 6) is 0.839. The van der Waals surface area contributed by atoms with E-state index in [1.807, 2.05) is 79.5 Å². The Morgan fingerprint density at radius 1 is 0.944 bits per heavy atom. The summed E-state index contributed by atoms with van der Waals surface area (Å²) in [4.78, 5) is 31.4. The minimum absolute atomic E-state index is 0.0252. The van der Waals surface area contributed by atoms with Crippen LogP contribution in [0.25, 0.3) is 5.69 Å². The Kier molecular flexibility index (Phi) is 6.86. The molecule has 0 spiro atoms. The van der Waals surface area contributed by atoms with Gasteiger partial charge in [0, 0.05) is 18.2 Å². The molecule has 0 N–H and O–H groups in total. The third-order valence-corrected chi connectivity index (χ3v) is 7.59. The first-order valence-electron chi connectivity index (χ1n) is 13.0. The fourth-order valence-corrected chi connectivity index (χ4v) is 5.68. The quantitative estimate of drug-likeness (QED) is 0.447. The molecule has 5 rings (SSSR count). The average Bonchev–Trinajstić information content (AvgIpc) is 3.41. The van der Waals surface area contributed by atoms with Crippen molar-refractivity contribution in [2.24, 2.45) is 5.92 Å². The highest BCUT2D eigenvalue weighted by Crippen LogP contribution is 2.42. The van der Waals surface area contributed by atoms with Crippen LogP contribution in [0.5, 0.6) is 5.75 Å². The smallest absolute Gasteiger partial charge is 0.247 e. The first-order valence-corrected chi connectivity index (χ1v) is 13.0. The zero-order chi connectivity index (χ0) is 25.2. The first-order chi connectivity index (χ1) is 17.5. The molecule has 188 valence electrons. The number of fused-ring (bicyclic) bond motifs is 3. The highest BCUT2D eigenvalue weighted by atomic mass is 16.5. The van der Waals surface area contributed by atoms with Gasteiger partial charge in [-0.3, -0.25) is 14.5 Å². The molecule has 1 atom stereocenters. The van der Waals surface area contributed by atoms with Crippen LogP contribution < -0.4 is 9.64 Å². The van der Waals surface area contributed by atoms with Gasteiger partial charge in [-0.05, 0) is 68.7 Å². The van der Waals surface area contributed by atoms with E-state index in [2.05, 4.69) is 10.6 Å². The second kappa shape index (κ2) is 10.2. The number of hydrogen-bond donors (Lipinski definition) is 0. The van der Waals surface area contributed by atoms with Crippen LogP contribution in [-0.4, -0.2) is 41.0 Å². The molecule has 1 saturated carbocycles. The Morgan fingerprint density at radius 3 is 2.31 bits per heavy atom. The number of carbonyl (C=O) groups excluding carboxylic acids is 2. The van der Waals surface area contributed by atoms with Crippen molar-refractivity contribution in [1.82, 2.24) is 9.47 Å². The van der Waals surface area contributed by atoms with Crippen LogP contribution in [0, 0.1) is 5.92 Å². The van der Waals surface area contributed by atoms with Crippen molar-refractivity contribution < 1.29 is 14.3 Å². The van der Waals surface area contributed by atoms with Gasteiger partial charge in [0.05, 0.1) is 24.2 Å². The van der Waals surface area contributed by atoms with Gasteiger partial charge in [-0.2, -0.15) is 0 Å². The largest absolute Gasteiger partial charge is 0.497 e. The van der Waals surface area contributed by atoms with Crippen LogP contribution in [0.15, 0.2) is 66.9 Å². The minimum Gasteiger partial charge on any atom is -0.497 e. The number of benzene rings is 2. The number of hydrogen-bond acceptors (Lipinski definition) is 3. The van der Waals surface area contributed by atoms with E-state index in [1.54, 1.807) is 12.0 Å². The predicted molar refractivity (Wildman–Crippen MR) is 142 cm³/mol.